The van der Waals surface area contributed by atoms with Crippen LogP contribution in [0.1, 0.15) is 12.0 Å². The first kappa shape index (κ1) is 17.0. The SMILES string of the molecule is Cc1ccccc1N1CCN(C(=O)[C@@H]2C[C@H]2COc2ccccc2)CC1. The number of rotatable bonds is 5. The summed E-state index contributed by atoms with van der Waals surface area (Å²) in [4.78, 5) is 17.2. The van der Waals surface area contributed by atoms with Gasteiger partial charge in [0, 0.05) is 43.7 Å². The summed E-state index contributed by atoms with van der Waals surface area (Å²) >= 11 is 0. The van der Waals surface area contributed by atoms with E-state index >= 15 is 0 Å². The lowest BCUT2D eigenvalue weighted by molar-refractivity contribution is -0.133. The van der Waals surface area contributed by atoms with Gasteiger partial charge in [-0.2, -0.15) is 0 Å². The zero-order valence-electron chi connectivity index (χ0n) is 15.3. The van der Waals surface area contributed by atoms with Crippen LogP contribution in [0.4, 0.5) is 5.69 Å². The molecule has 1 amide bonds. The van der Waals surface area contributed by atoms with Gasteiger partial charge in [0.15, 0.2) is 0 Å². The maximum atomic E-state index is 12.7. The second-order valence-corrected chi connectivity index (χ2v) is 7.33. The number of anilines is 1. The topological polar surface area (TPSA) is 32.8 Å². The van der Waals surface area contributed by atoms with E-state index in [1.165, 1.54) is 11.3 Å². The van der Waals surface area contributed by atoms with Gasteiger partial charge in [0.05, 0.1) is 6.61 Å². The third kappa shape index (κ3) is 3.69. The predicted octanol–water partition coefficient (Wildman–Crippen LogP) is 3.36. The second kappa shape index (κ2) is 7.40. The molecule has 26 heavy (non-hydrogen) atoms. The highest BCUT2D eigenvalue weighted by Crippen LogP contribution is 2.40. The van der Waals surface area contributed by atoms with Gasteiger partial charge >= 0.3 is 0 Å². The van der Waals surface area contributed by atoms with E-state index in [4.69, 9.17) is 4.74 Å². The summed E-state index contributed by atoms with van der Waals surface area (Å²) in [6.07, 6.45) is 0.962. The van der Waals surface area contributed by atoms with Crippen molar-refractivity contribution in [2.45, 2.75) is 13.3 Å². The van der Waals surface area contributed by atoms with Crippen LogP contribution in [0.5, 0.6) is 5.75 Å². The largest absolute Gasteiger partial charge is 0.493 e. The van der Waals surface area contributed by atoms with E-state index in [9.17, 15) is 4.79 Å². The van der Waals surface area contributed by atoms with Gasteiger partial charge in [0.2, 0.25) is 5.91 Å². The van der Waals surface area contributed by atoms with Crippen molar-refractivity contribution in [2.75, 3.05) is 37.7 Å². The van der Waals surface area contributed by atoms with Crippen molar-refractivity contribution < 1.29 is 9.53 Å². The number of amides is 1. The van der Waals surface area contributed by atoms with E-state index in [1.54, 1.807) is 0 Å². The molecule has 1 heterocycles. The Morgan fingerprint density at radius 3 is 2.42 bits per heavy atom. The minimum Gasteiger partial charge on any atom is -0.493 e. The molecule has 2 fully saturated rings. The minimum absolute atomic E-state index is 0.156. The molecule has 0 N–H and O–H groups in total. The third-order valence-corrected chi connectivity index (χ3v) is 5.49. The quantitative estimate of drug-likeness (QED) is 0.829. The third-order valence-electron chi connectivity index (χ3n) is 5.49. The average molecular weight is 350 g/mol. The van der Waals surface area contributed by atoms with Crippen molar-refractivity contribution in [1.82, 2.24) is 4.90 Å². The van der Waals surface area contributed by atoms with Gasteiger partial charge in [0.25, 0.3) is 0 Å². The maximum absolute atomic E-state index is 12.7. The molecule has 2 aromatic carbocycles. The molecule has 0 spiro atoms. The fourth-order valence-corrected chi connectivity index (χ4v) is 3.77. The number of para-hydroxylation sites is 2. The van der Waals surface area contributed by atoms with E-state index < -0.39 is 0 Å². The van der Waals surface area contributed by atoms with Crippen LogP contribution in [0.15, 0.2) is 54.6 Å². The zero-order valence-corrected chi connectivity index (χ0v) is 15.3. The summed E-state index contributed by atoms with van der Waals surface area (Å²) in [5, 5.41) is 0. The first-order valence-corrected chi connectivity index (χ1v) is 9.49. The first-order chi connectivity index (χ1) is 12.7. The number of hydrogen-bond acceptors (Lipinski definition) is 3. The summed E-state index contributed by atoms with van der Waals surface area (Å²) in [6, 6.07) is 18.3. The summed E-state index contributed by atoms with van der Waals surface area (Å²) in [5.41, 5.74) is 2.59. The predicted molar refractivity (Wildman–Crippen MR) is 104 cm³/mol. The van der Waals surface area contributed by atoms with Gasteiger partial charge in [-0.25, -0.2) is 0 Å². The van der Waals surface area contributed by atoms with Gasteiger partial charge < -0.3 is 14.5 Å². The molecule has 2 atom stereocenters. The van der Waals surface area contributed by atoms with Crippen LogP contribution in [0.3, 0.4) is 0 Å². The molecule has 4 rings (SSSR count). The van der Waals surface area contributed by atoms with Crippen molar-refractivity contribution in [3.05, 3.63) is 60.2 Å². The minimum atomic E-state index is 0.156. The van der Waals surface area contributed by atoms with E-state index in [1.807, 2.05) is 35.2 Å². The van der Waals surface area contributed by atoms with E-state index in [0.29, 0.717) is 18.4 Å². The molecular weight excluding hydrogens is 324 g/mol. The molecule has 2 aromatic rings. The lowest BCUT2D eigenvalue weighted by atomic mass is 10.1. The normalized spacial score (nSPS) is 22.2. The van der Waals surface area contributed by atoms with Crippen LogP contribution in [0.2, 0.25) is 0 Å². The molecular formula is C22H26N2O2. The molecule has 0 bridgehead atoms. The smallest absolute Gasteiger partial charge is 0.226 e. The summed E-state index contributed by atoms with van der Waals surface area (Å²) in [7, 11) is 0. The van der Waals surface area contributed by atoms with Crippen LogP contribution in [0.25, 0.3) is 0 Å². The molecule has 0 radical (unpaired) electrons. The number of ether oxygens (including phenoxy) is 1. The Kier molecular flexibility index (Phi) is 4.83. The van der Waals surface area contributed by atoms with Gasteiger partial charge in [-0.3, -0.25) is 4.79 Å². The standard InChI is InChI=1S/C22H26N2O2/c1-17-7-5-6-10-21(17)23-11-13-24(14-12-23)22(25)20-15-18(20)16-26-19-8-3-2-4-9-19/h2-10,18,20H,11-16H2,1H3/t18-,20+/m0/s1. The fourth-order valence-electron chi connectivity index (χ4n) is 3.77. The highest BCUT2D eigenvalue weighted by molar-refractivity contribution is 5.82. The number of carbonyl (C=O) groups excluding carboxylic acids is 1. The van der Waals surface area contributed by atoms with Gasteiger partial charge in [-0.15, -0.1) is 0 Å². The highest BCUT2D eigenvalue weighted by atomic mass is 16.5. The molecule has 1 saturated carbocycles. The van der Waals surface area contributed by atoms with E-state index in [2.05, 4.69) is 36.1 Å². The molecule has 1 aliphatic carbocycles. The van der Waals surface area contributed by atoms with Crippen molar-refractivity contribution in [1.29, 1.82) is 0 Å². The maximum Gasteiger partial charge on any atom is 0.226 e. The molecule has 1 aliphatic heterocycles. The number of carbonyl (C=O) groups is 1. The van der Waals surface area contributed by atoms with Crippen molar-refractivity contribution in [3.8, 4) is 5.75 Å². The summed E-state index contributed by atoms with van der Waals surface area (Å²) in [6.45, 7) is 6.24. The number of benzene rings is 2. The van der Waals surface area contributed by atoms with Crippen molar-refractivity contribution >= 4 is 11.6 Å². The van der Waals surface area contributed by atoms with Crippen LogP contribution in [-0.2, 0) is 4.79 Å². The van der Waals surface area contributed by atoms with Crippen LogP contribution < -0.4 is 9.64 Å². The van der Waals surface area contributed by atoms with Gasteiger partial charge in [-0.05, 0) is 37.1 Å². The average Bonchev–Trinajstić information content (AvgIpc) is 3.47. The van der Waals surface area contributed by atoms with Crippen LogP contribution in [-0.4, -0.2) is 43.6 Å². The molecule has 2 aliphatic rings. The van der Waals surface area contributed by atoms with E-state index in [-0.39, 0.29) is 5.92 Å². The molecule has 4 heteroatoms. The molecule has 0 unspecified atom stereocenters. The number of piperazine rings is 1. The Balaban J connectivity index is 1.25. The Morgan fingerprint density at radius 1 is 1.00 bits per heavy atom. The number of hydrogen-bond donors (Lipinski definition) is 0. The molecule has 4 nitrogen and oxygen atoms in total. The summed E-state index contributed by atoms with van der Waals surface area (Å²) in [5.74, 6) is 1.73. The number of aryl methyl sites for hydroxylation is 1. The van der Waals surface area contributed by atoms with Gasteiger partial charge in [-0.1, -0.05) is 36.4 Å². The molecule has 1 saturated heterocycles. The summed E-state index contributed by atoms with van der Waals surface area (Å²) < 4.78 is 5.81. The Bertz CT molecular complexity index is 754. The lowest BCUT2D eigenvalue weighted by Crippen LogP contribution is -2.49. The highest BCUT2D eigenvalue weighted by Gasteiger charge is 2.45. The van der Waals surface area contributed by atoms with Crippen LogP contribution >= 0.6 is 0 Å². The second-order valence-electron chi connectivity index (χ2n) is 7.33. The van der Waals surface area contributed by atoms with Crippen LogP contribution in [0, 0.1) is 18.8 Å². The molecule has 0 aromatic heterocycles. The molecule has 136 valence electrons. The van der Waals surface area contributed by atoms with Crippen molar-refractivity contribution in [3.63, 3.8) is 0 Å². The van der Waals surface area contributed by atoms with E-state index in [0.717, 1.165) is 38.3 Å². The van der Waals surface area contributed by atoms with Crippen molar-refractivity contribution in [2.24, 2.45) is 11.8 Å². The first-order valence-electron chi connectivity index (χ1n) is 9.49. The lowest BCUT2D eigenvalue weighted by Gasteiger charge is -2.37. The number of nitrogens with zero attached hydrogens (tertiary/aromatic N) is 2. The zero-order chi connectivity index (χ0) is 17.9. The fraction of sp³-hybridized carbons (Fsp3) is 0.409. The Labute approximate surface area is 155 Å². The Hall–Kier alpha value is -2.49. The Morgan fingerprint density at radius 2 is 1.69 bits per heavy atom. The monoisotopic (exact) mass is 350 g/mol. The van der Waals surface area contributed by atoms with Gasteiger partial charge in [0.1, 0.15) is 5.75 Å².